The highest BCUT2D eigenvalue weighted by molar-refractivity contribution is 7.71. The number of nitrogen functional groups attached to an aromatic ring is 1. The van der Waals surface area contributed by atoms with E-state index >= 15 is 0 Å². The van der Waals surface area contributed by atoms with Crippen molar-refractivity contribution in [2.75, 3.05) is 51.1 Å². The number of esters is 2. The van der Waals surface area contributed by atoms with Gasteiger partial charge in [-0.25, -0.2) is 9.59 Å². The monoisotopic (exact) mass is 1860 g/mol. The Morgan fingerprint density at radius 1 is 0.459 bits per heavy atom. The Hall–Kier alpha value is -13.5. The van der Waals surface area contributed by atoms with Crippen LogP contribution in [0.4, 0.5) is 17.7 Å². The molecule has 28 heteroatoms. The van der Waals surface area contributed by atoms with Crippen LogP contribution in [0.1, 0.15) is 177 Å². The lowest BCUT2D eigenvalue weighted by molar-refractivity contribution is -0.143. The molecule has 0 fully saturated rings. The molecule has 11 aromatic carbocycles. The van der Waals surface area contributed by atoms with Crippen molar-refractivity contribution < 1.29 is 80.2 Å². The Morgan fingerprint density at radius 3 is 1.25 bits per heavy atom. The number of hydrogen-bond acceptors (Lipinski definition) is 24. The summed E-state index contributed by atoms with van der Waals surface area (Å²) in [6.07, 6.45) is 1.13. The second-order valence-corrected chi connectivity index (χ2v) is 34.4. The van der Waals surface area contributed by atoms with E-state index in [0.717, 1.165) is 88.9 Å². The van der Waals surface area contributed by atoms with Gasteiger partial charge in [-0.2, -0.15) is 15.0 Å². The molecule has 0 radical (unpaired) electrons. The van der Waals surface area contributed by atoms with Crippen molar-refractivity contribution in [1.82, 2.24) is 25.3 Å². The minimum Gasteiger partial charge on any atom is -0.506 e. The van der Waals surface area contributed by atoms with Gasteiger partial charge in [-0.1, -0.05) is 209 Å². The van der Waals surface area contributed by atoms with E-state index in [-0.39, 0.29) is 47.9 Å². The number of aromatic hydroxyl groups is 1. The van der Waals surface area contributed by atoms with E-state index in [1.807, 2.05) is 199 Å². The molecule has 133 heavy (non-hydrogen) atoms. The zero-order valence-electron chi connectivity index (χ0n) is 77.3. The summed E-state index contributed by atoms with van der Waals surface area (Å²) in [5.41, 5.74) is 27.0. The molecule has 0 saturated heterocycles. The third-order valence-corrected chi connectivity index (χ3v) is 23.6. The molecule has 7 heterocycles. The molecule has 3 aliphatic rings. The van der Waals surface area contributed by atoms with Crippen molar-refractivity contribution in [3.05, 3.63) is 306 Å². The van der Waals surface area contributed by atoms with E-state index < -0.39 is 18.1 Å². The highest BCUT2D eigenvalue weighted by Crippen LogP contribution is 2.45. The number of hydrogen-bond donors (Lipinski definition) is 5. The summed E-state index contributed by atoms with van der Waals surface area (Å²) in [6.45, 7) is 23.8. The van der Waals surface area contributed by atoms with Gasteiger partial charge in [0.1, 0.15) is 60.2 Å². The van der Waals surface area contributed by atoms with Crippen molar-refractivity contribution >= 4 is 116 Å². The number of ether oxygens (including phenoxy) is 8. The Bertz CT molecular complexity index is 6530. The average molecular weight is 1860 g/mol. The number of aromatic amines is 1. The van der Waals surface area contributed by atoms with Crippen molar-refractivity contribution in [2.45, 2.75) is 176 Å². The normalized spacial score (nSPS) is 14.1. The molecule has 18 rings (SSSR count). The number of carbonyl (C=O) groups is 3. The number of oxazole rings is 4. The van der Waals surface area contributed by atoms with Crippen LogP contribution in [-0.4, -0.2) is 102 Å². The van der Waals surface area contributed by atoms with Crippen LogP contribution in [0.2, 0.25) is 5.35 Å². The fourth-order valence-corrected chi connectivity index (χ4v) is 15.9. The number of carbonyl (C=O) groups excluding carboxylic acids is 2. The number of rotatable bonds is 22. The van der Waals surface area contributed by atoms with Crippen LogP contribution < -0.4 is 49.3 Å². The number of nitrogens with one attached hydrogen (secondary N) is 2. The highest BCUT2D eigenvalue weighted by atomic mass is 35.5. The number of H-pyrrole nitrogens is 1. The first-order valence-corrected chi connectivity index (χ1v) is 44.7. The van der Waals surface area contributed by atoms with Gasteiger partial charge in [0.2, 0.25) is 0 Å². The topological polar surface area (TPSA) is 317 Å². The molecule has 6 N–H and O–H groups in total. The van der Waals surface area contributed by atoms with Crippen LogP contribution in [0.5, 0.6) is 40.2 Å². The predicted molar refractivity (Wildman–Crippen MR) is 523 cm³/mol. The number of carboxylic acid groups (broad SMARTS) is 1. The van der Waals surface area contributed by atoms with Crippen LogP contribution in [0, 0.1) is 4.84 Å². The van der Waals surface area contributed by atoms with E-state index in [1.165, 1.54) is 30.9 Å². The standard InChI is InChI=1S/C29H30N2O5.C28H28N2O5.C19H21NO4.C10H10ClNO.C10H11NOS.C9H13NO.ClH/c1-18(2)20-10-12-23-26(14-20)36-29(30-23)31-16-21-11-13-25(33-3)27(22(21)15-24(31)28(32)34-4)35-17-19-8-6-5-7-9-19;1-17(2)19-9-11-22-25(13-19)35-28(29-22)30-15-20-10-12-24(33-3)26(21(20)14-23(30)27(31)32)34-16-18-7-5-4-6-8-18;1-22-17-9-8-14-11-20-16(19(21)23-2)10-15(14)18(17)24-12-13-6-4-3-5-7-13;1-6(2)7-3-4-8-9(5-7)13-10(11)12-8;1-6(2)7-3-4-8-9(5-7)12-10(13)11-8;1-6(2)7-3-4-8(10)9(11)5-7;/h5-14,18,24H,15-17H2,1-4H3;4-13,17,23H,14-16H2,1-3H3,(H,31,32);3-9,16,20H,10-12H2,1-2H3;3-6H,1-2H3;3-6H,1-2H3,(H,11,13);3-6,11H,10H2,1-2H3;1H/t24-;23-;16-;;;;/m000..../s1. The van der Waals surface area contributed by atoms with E-state index in [1.54, 1.807) is 38.4 Å². The number of phenols is 1. The molecular weight excluding hydrogens is 1750 g/mol. The quantitative estimate of drug-likeness (QED) is 0.0182. The Labute approximate surface area is 790 Å². The van der Waals surface area contributed by atoms with E-state index in [0.29, 0.717) is 156 Å². The third-order valence-electron chi connectivity index (χ3n) is 23.2. The van der Waals surface area contributed by atoms with Gasteiger partial charge in [0.15, 0.2) is 56.8 Å². The van der Waals surface area contributed by atoms with Gasteiger partial charge in [-0.05, 0) is 193 Å². The smallest absolute Gasteiger partial charge is 0.329 e. The van der Waals surface area contributed by atoms with Gasteiger partial charge >= 0.3 is 17.9 Å². The zero-order chi connectivity index (χ0) is 94.0. The van der Waals surface area contributed by atoms with Gasteiger partial charge < -0.3 is 91.6 Å². The number of benzene rings is 11. The maximum atomic E-state index is 13.0. The first kappa shape index (κ1) is 98.5. The Morgan fingerprint density at radius 2 is 0.835 bits per heavy atom. The highest BCUT2D eigenvalue weighted by Gasteiger charge is 2.40. The lowest BCUT2D eigenvalue weighted by atomic mass is 9.92. The van der Waals surface area contributed by atoms with E-state index in [9.17, 15) is 24.6 Å². The molecule has 0 spiro atoms. The zero-order valence-corrected chi connectivity index (χ0v) is 79.7. The molecule has 4 aromatic heterocycles. The Kier molecular flexibility index (Phi) is 33.7. The second-order valence-electron chi connectivity index (χ2n) is 33.7. The van der Waals surface area contributed by atoms with Crippen molar-refractivity contribution in [2.24, 2.45) is 0 Å². The molecule has 3 atom stereocenters. The number of halogens is 2. The predicted octanol–water partition coefficient (Wildman–Crippen LogP) is 23.4. The lowest BCUT2D eigenvalue weighted by Crippen LogP contribution is -2.46. The minimum absolute atomic E-state index is 0. The summed E-state index contributed by atoms with van der Waals surface area (Å²) in [5, 5.41) is 22.8. The number of aromatic nitrogens is 4. The average Bonchev–Trinajstić information content (AvgIpc) is 1.74. The first-order chi connectivity index (χ1) is 63.6. The molecule has 25 nitrogen and oxygen atoms in total. The summed E-state index contributed by atoms with van der Waals surface area (Å²) < 4.78 is 68.0. The van der Waals surface area contributed by atoms with Gasteiger partial charge in [0, 0.05) is 55.6 Å². The number of nitrogens with two attached hydrogens (primary N) is 1. The summed E-state index contributed by atoms with van der Waals surface area (Å²) in [4.78, 5) is 57.5. The maximum Gasteiger partial charge on any atom is 0.329 e. The van der Waals surface area contributed by atoms with Crippen LogP contribution >= 0.6 is 36.2 Å². The number of aliphatic carboxylic acids is 1. The van der Waals surface area contributed by atoms with Crippen molar-refractivity contribution in [1.29, 1.82) is 0 Å². The number of nitrogens with zero attached hydrogens (tertiary/aromatic N) is 5. The SMILES string of the molecule is CC(C)c1ccc(N)c(O)c1.CC(C)c1ccc2[nH]c(=S)oc2c1.CC(C)c1ccc2nc(Cl)oc2c1.COC(=O)[C@@H]1Cc2c(ccc(OC)c2OCc2ccccc2)CN1.COC(=O)[C@@H]1Cc2c(ccc(OC)c2OCc2ccccc2)CN1c1nc2ccc(C(C)C)cc2o1.COc1ccc2c(c1OCc1ccccc1)C[C@@H](C(=O)O)N(c1nc3ccc(C(C)C)cc3o1)C2.Cl. The Balaban J connectivity index is 0.000000152. The van der Waals surface area contributed by atoms with Gasteiger partial charge in [-0.15, -0.1) is 12.4 Å². The third kappa shape index (κ3) is 24.4. The number of phenolic OH excluding ortho intramolecular Hbond substituents is 1. The first-order valence-electron chi connectivity index (χ1n) is 43.9. The molecule has 0 aliphatic carbocycles. The largest absolute Gasteiger partial charge is 0.506 e. The molecule has 0 unspecified atom stereocenters. The maximum absolute atomic E-state index is 13.0. The summed E-state index contributed by atoms with van der Waals surface area (Å²) in [6, 6.07) is 69.7. The van der Waals surface area contributed by atoms with Crippen LogP contribution in [-0.2, 0) is 82.6 Å². The van der Waals surface area contributed by atoms with E-state index in [2.05, 4.69) is 102 Å². The molecule has 0 bridgehead atoms. The number of fused-ring (bicyclic) bond motifs is 7. The molecule has 0 saturated carbocycles. The minimum atomic E-state index is -0.947. The number of methoxy groups -OCH3 is 5. The summed E-state index contributed by atoms with van der Waals surface area (Å²) in [5.74, 6) is 4.59. The fourth-order valence-electron chi connectivity index (χ4n) is 15.5. The molecule has 3 aliphatic heterocycles. The molecule has 0 amide bonds. The molecule has 15 aromatic rings. The van der Waals surface area contributed by atoms with Gasteiger partial charge in [0.25, 0.3) is 22.2 Å². The van der Waals surface area contributed by atoms with Crippen LogP contribution in [0.15, 0.2) is 236 Å². The van der Waals surface area contributed by atoms with E-state index in [4.69, 9.17) is 90.1 Å². The second kappa shape index (κ2) is 45.5. The van der Waals surface area contributed by atoms with Crippen molar-refractivity contribution in [3.8, 4) is 40.2 Å². The molecular formula is C105H114Cl2N8O17S. The van der Waals surface area contributed by atoms with Crippen LogP contribution in [0.25, 0.3) is 44.4 Å². The summed E-state index contributed by atoms with van der Waals surface area (Å²) in [7, 11) is 7.63. The lowest BCUT2D eigenvalue weighted by Gasteiger charge is -2.35. The number of carboxylic acids is 1. The van der Waals surface area contributed by atoms with Gasteiger partial charge in [-0.3, -0.25) is 4.79 Å². The van der Waals surface area contributed by atoms with Crippen molar-refractivity contribution in [3.63, 3.8) is 0 Å². The van der Waals surface area contributed by atoms with Gasteiger partial charge in [0.05, 0.1) is 46.8 Å². The fraction of sp³-hybridized carbons (Fsp3) is 0.305. The number of anilines is 3. The molecule has 696 valence electrons. The summed E-state index contributed by atoms with van der Waals surface area (Å²) >= 11 is 10.5. The van der Waals surface area contributed by atoms with Crippen LogP contribution in [0.3, 0.4) is 0 Å².